The van der Waals surface area contributed by atoms with Gasteiger partial charge in [-0.25, -0.2) is 0 Å². The number of hydrogen-bond acceptors (Lipinski definition) is 3. The molecule has 0 saturated heterocycles. The fraction of sp³-hybridized carbons (Fsp3) is 0.625. The molecule has 0 fully saturated rings. The van der Waals surface area contributed by atoms with Gasteiger partial charge in [0.25, 0.3) is 0 Å². The molecule has 3 rings (SSSR count). The smallest absolute Gasteiger partial charge is 0.0568 e. The van der Waals surface area contributed by atoms with Crippen molar-refractivity contribution in [3.63, 3.8) is 0 Å². The number of aryl methyl sites for hydroxylation is 1. The van der Waals surface area contributed by atoms with E-state index in [0.717, 1.165) is 18.5 Å². The molecule has 0 bridgehead atoms. The second-order valence-electron chi connectivity index (χ2n) is 8.15. The van der Waals surface area contributed by atoms with Crippen LogP contribution in [-0.2, 0) is 13.5 Å². The zero-order chi connectivity index (χ0) is 20.4. The second kappa shape index (κ2) is 11.9. The van der Waals surface area contributed by atoms with Crippen LogP contribution in [0.4, 0.5) is 5.69 Å². The van der Waals surface area contributed by atoms with E-state index >= 15 is 0 Å². The van der Waals surface area contributed by atoms with Crippen LogP contribution in [0.3, 0.4) is 0 Å². The molecule has 1 aliphatic heterocycles. The van der Waals surface area contributed by atoms with Gasteiger partial charge in [-0.1, -0.05) is 64.9 Å². The Morgan fingerprint density at radius 1 is 1.00 bits per heavy atom. The van der Waals surface area contributed by atoms with Gasteiger partial charge >= 0.3 is 0 Å². The third-order valence-electron chi connectivity index (χ3n) is 5.53. The van der Waals surface area contributed by atoms with Crippen LogP contribution < -0.4 is 4.90 Å². The third kappa shape index (κ3) is 6.66. The first-order chi connectivity index (χ1) is 13.6. The van der Waals surface area contributed by atoms with Gasteiger partial charge in [-0.3, -0.25) is 4.68 Å². The lowest BCUT2D eigenvalue weighted by atomic mass is 9.91. The first-order valence-corrected chi connectivity index (χ1v) is 11.0. The van der Waals surface area contributed by atoms with Crippen LogP contribution in [0.1, 0.15) is 64.4 Å². The fourth-order valence-corrected chi connectivity index (χ4v) is 3.89. The van der Waals surface area contributed by atoms with Crippen molar-refractivity contribution in [1.82, 2.24) is 9.78 Å². The highest BCUT2D eigenvalue weighted by Crippen LogP contribution is 2.32. The van der Waals surface area contributed by atoms with E-state index in [2.05, 4.69) is 49.1 Å². The van der Waals surface area contributed by atoms with Crippen molar-refractivity contribution < 1.29 is 5.11 Å². The van der Waals surface area contributed by atoms with E-state index in [9.17, 15) is 5.11 Å². The molecular weight excluding hydrogens is 346 g/mol. The number of benzene rings is 1. The summed E-state index contributed by atoms with van der Waals surface area (Å²) in [6.07, 6.45) is 14.8. The van der Waals surface area contributed by atoms with E-state index in [1.807, 2.05) is 24.1 Å². The number of rotatable bonds is 8. The minimum atomic E-state index is 0.251. The molecule has 0 radical (unpaired) electrons. The van der Waals surface area contributed by atoms with Crippen LogP contribution in [0.25, 0.3) is 11.1 Å². The maximum absolute atomic E-state index is 9.38. The van der Waals surface area contributed by atoms with Crippen LogP contribution in [0.2, 0.25) is 0 Å². The van der Waals surface area contributed by atoms with Crippen LogP contribution >= 0.6 is 0 Å². The van der Waals surface area contributed by atoms with E-state index in [-0.39, 0.29) is 6.61 Å². The molecule has 2 aromatic rings. The van der Waals surface area contributed by atoms with Gasteiger partial charge in [0.2, 0.25) is 0 Å². The molecule has 1 aromatic carbocycles. The fourth-order valence-electron chi connectivity index (χ4n) is 3.89. The number of nitrogens with zero attached hydrogens (tertiary/aromatic N) is 3. The van der Waals surface area contributed by atoms with Crippen LogP contribution in [0.15, 0.2) is 30.6 Å². The molecule has 0 unspecified atom stereocenters. The average molecular weight is 386 g/mol. The SMILES string of the molecule is CCCCCCCCC.CN1C[C@H](CO)Cc2cc(-c3cnn(C)c3)ccc21. The number of aromatic nitrogens is 2. The largest absolute Gasteiger partial charge is 0.396 e. The predicted molar refractivity (Wildman–Crippen MR) is 120 cm³/mol. The second-order valence-corrected chi connectivity index (χ2v) is 8.15. The molecular formula is C24H39N3O. The van der Waals surface area contributed by atoms with Crippen LogP contribution in [-0.4, -0.2) is 35.1 Å². The number of unbranched alkanes of at least 4 members (excludes halogenated alkanes) is 6. The minimum absolute atomic E-state index is 0.251. The molecule has 4 nitrogen and oxygen atoms in total. The van der Waals surface area contributed by atoms with Crippen LogP contribution in [0.5, 0.6) is 0 Å². The number of fused-ring (bicyclic) bond motifs is 1. The third-order valence-corrected chi connectivity index (χ3v) is 5.53. The molecule has 1 aliphatic rings. The quantitative estimate of drug-likeness (QED) is 0.615. The van der Waals surface area contributed by atoms with E-state index < -0.39 is 0 Å². The van der Waals surface area contributed by atoms with Gasteiger partial charge in [-0.2, -0.15) is 5.10 Å². The van der Waals surface area contributed by atoms with Gasteiger partial charge < -0.3 is 10.0 Å². The minimum Gasteiger partial charge on any atom is -0.396 e. The Bertz CT molecular complexity index is 689. The van der Waals surface area contributed by atoms with Crippen LogP contribution in [0, 0.1) is 5.92 Å². The average Bonchev–Trinajstić information content (AvgIpc) is 3.14. The topological polar surface area (TPSA) is 41.3 Å². The van der Waals surface area contributed by atoms with Gasteiger partial charge in [0.1, 0.15) is 0 Å². The summed E-state index contributed by atoms with van der Waals surface area (Å²) in [5.74, 6) is 0.335. The van der Waals surface area contributed by atoms with Crippen molar-refractivity contribution in [2.75, 3.05) is 25.1 Å². The first-order valence-electron chi connectivity index (χ1n) is 11.0. The Balaban J connectivity index is 0.000000266. The molecule has 156 valence electrons. The Morgan fingerprint density at radius 2 is 1.68 bits per heavy atom. The van der Waals surface area contributed by atoms with Crippen molar-refractivity contribution in [2.24, 2.45) is 13.0 Å². The number of aliphatic hydroxyl groups excluding tert-OH is 1. The molecule has 0 aliphatic carbocycles. The molecule has 4 heteroatoms. The summed E-state index contributed by atoms with van der Waals surface area (Å²) in [6, 6.07) is 6.54. The Labute approximate surface area is 171 Å². The maximum Gasteiger partial charge on any atom is 0.0568 e. The Kier molecular flexibility index (Phi) is 9.56. The highest BCUT2D eigenvalue weighted by molar-refractivity contribution is 5.68. The predicted octanol–water partition coefficient (Wildman–Crippen LogP) is 5.44. The molecule has 0 saturated carbocycles. The number of anilines is 1. The molecule has 0 amide bonds. The molecule has 1 aromatic heterocycles. The summed E-state index contributed by atoms with van der Waals surface area (Å²) in [5.41, 5.74) is 4.92. The standard InChI is InChI=1S/C15H19N3O.C9H20/c1-17-8-11(10-19)5-13-6-12(3-4-15(13)17)14-7-16-18(2)9-14;1-3-5-7-9-8-6-4-2/h3-4,6-7,9,11,19H,5,8,10H2,1-2H3;3-9H2,1-2H3/t11-;/m1./s1. The van der Waals surface area contributed by atoms with E-state index in [1.54, 1.807) is 0 Å². The normalized spacial score (nSPS) is 15.8. The highest BCUT2D eigenvalue weighted by Gasteiger charge is 2.22. The van der Waals surface area contributed by atoms with Crippen molar-refractivity contribution in [1.29, 1.82) is 0 Å². The van der Waals surface area contributed by atoms with Gasteiger partial charge in [0.05, 0.1) is 6.20 Å². The maximum atomic E-state index is 9.38. The lowest BCUT2D eigenvalue weighted by Gasteiger charge is -2.32. The summed E-state index contributed by atoms with van der Waals surface area (Å²) in [7, 11) is 4.02. The molecule has 28 heavy (non-hydrogen) atoms. The number of hydrogen-bond donors (Lipinski definition) is 1. The van der Waals surface area contributed by atoms with Gasteiger partial charge in [-0.05, 0) is 29.7 Å². The van der Waals surface area contributed by atoms with Gasteiger partial charge in [-0.15, -0.1) is 0 Å². The number of aliphatic hydroxyl groups is 1. The zero-order valence-corrected chi connectivity index (χ0v) is 18.3. The van der Waals surface area contributed by atoms with Crippen molar-refractivity contribution in [3.8, 4) is 11.1 Å². The molecule has 1 N–H and O–H groups in total. The molecule has 1 atom stereocenters. The summed E-state index contributed by atoms with van der Waals surface area (Å²) in [4.78, 5) is 2.23. The first kappa shape index (κ1) is 22.5. The van der Waals surface area contributed by atoms with E-state index in [0.29, 0.717) is 5.92 Å². The summed E-state index contributed by atoms with van der Waals surface area (Å²) in [6.45, 7) is 5.70. The van der Waals surface area contributed by atoms with Gasteiger partial charge in [0.15, 0.2) is 0 Å². The lowest BCUT2D eigenvalue weighted by Crippen LogP contribution is -2.33. The Morgan fingerprint density at radius 3 is 2.25 bits per heavy atom. The Hall–Kier alpha value is -1.81. The van der Waals surface area contributed by atoms with Gasteiger partial charge in [0, 0.05) is 50.6 Å². The van der Waals surface area contributed by atoms with E-state index in [4.69, 9.17) is 0 Å². The summed E-state index contributed by atoms with van der Waals surface area (Å²) < 4.78 is 1.82. The van der Waals surface area contributed by atoms with E-state index in [1.165, 1.54) is 61.8 Å². The van der Waals surface area contributed by atoms with Crippen molar-refractivity contribution >= 4 is 5.69 Å². The molecule has 2 heterocycles. The molecule has 0 spiro atoms. The highest BCUT2D eigenvalue weighted by atomic mass is 16.3. The van der Waals surface area contributed by atoms with Crippen molar-refractivity contribution in [3.05, 3.63) is 36.2 Å². The monoisotopic (exact) mass is 385 g/mol. The lowest BCUT2D eigenvalue weighted by molar-refractivity contribution is 0.225. The van der Waals surface area contributed by atoms with Crippen molar-refractivity contribution in [2.45, 2.75) is 65.2 Å². The summed E-state index contributed by atoms with van der Waals surface area (Å²) in [5, 5.41) is 13.6. The summed E-state index contributed by atoms with van der Waals surface area (Å²) >= 11 is 0. The zero-order valence-electron chi connectivity index (χ0n) is 18.3.